The summed E-state index contributed by atoms with van der Waals surface area (Å²) in [6.45, 7) is 4.00. The molecule has 2 N–H and O–H groups in total. The van der Waals surface area contributed by atoms with Gasteiger partial charge in [-0.25, -0.2) is 0 Å². The van der Waals surface area contributed by atoms with E-state index < -0.39 is 0 Å². The molecule has 0 saturated carbocycles. The van der Waals surface area contributed by atoms with Gasteiger partial charge >= 0.3 is 0 Å². The number of nitrogens with one attached hydrogen (secondary N) is 2. The number of ether oxygens (including phenoxy) is 3. The molecule has 1 aliphatic rings. The van der Waals surface area contributed by atoms with Crippen molar-refractivity contribution in [1.29, 1.82) is 0 Å². The molecule has 3 rings (SSSR count). The Morgan fingerprint density at radius 1 is 1.14 bits per heavy atom. The summed E-state index contributed by atoms with van der Waals surface area (Å²) in [6, 6.07) is 14.7. The van der Waals surface area contributed by atoms with Crippen LogP contribution in [-0.4, -0.2) is 46.4 Å². The Bertz CT molecular complexity index is 825. The Labute approximate surface area is 172 Å². The molecule has 29 heavy (non-hydrogen) atoms. The van der Waals surface area contributed by atoms with Gasteiger partial charge in [0.1, 0.15) is 19.2 Å². The van der Waals surface area contributed by atoms with E-state index in [1.807, 2.05) is 6.07 Å². The van der Waals surface area contributed by atoms with Gasteiger partial charge in [0.2, 0.25) is 5.91 Å². The van der Waals surface area contributed by atoms with E-state index in [2.05, 4.69) is 48.6 Å². The lowest BCUT2D eigenvalue weighted by Gasteiger charge is -2.38. The molecule has 0 saturated heterocycles. The Balaban J connectivity index is 1.96. The maximum absolute atomic E-state index is 12.2. The summed E-state index contributed by atoms with van der Waals surface area (Å²) in [7, 11) is 4.84. The molecule has 3 atom stereocenters. The van der Waals surface area contributed by atoms with Crippen LogP contribution in [0.2, 0.25) is 0 Å². The highest BCUT2D eigenvalue weighted by molar-refractivity contribution is 5.77. The van der Waals surface area contributed by atoms with Crippen LogP contribution >= 0.6 is 0 Å². The van der Waals surface area contributed by atoms with Gasteiger partial charge in [-0.2, -0.15) is 0 Å². The first-order valence-electron chi connectivity index (χ1n) is 9.99. The van der Waals surface area contributed by atoms with Crippen molar-refractivity contribution < 1.29 is 23.9 Å². The number of hydrogen-bond acceptors (Lipinski definition) is 4. The highest BCUT2D eigenvalue weighted by atomic mass is 16.5. The number of benzene rings is 2. The minimum Gasteiger partial charge on any atom is -0.493 e. The fraction of sp³-hybridized carbons (Fsp3) is 0.435. The first kappa shape index (κ1) is 21.1. The predicted octanol–water partition coefficient (Wildman–Crippen LogP) is 1.54. The number of quaternary nitrogens is 1. The van der Waals surface area contributed by atoms with Crippen LogP contribution in [0, 0.1) is 0 Å². The normalized spacial score (nSPS) is 19.2. The van der Waals surface area contributed by atoms with Crippen molar-refractivity contribution in [1.82, 2.24) is 5.32 Å². The molecule has 1 amide bonds. The molecular formula is C23H31N2O4+. The lowest BCUT2D eigenvalue weighted by Crippen LogP contribution is -3.13. The quantitative estimate of drug-likeness (QED) is 0.707. The summed E-state index contributed by atoms with van der Waals surface area (Å²) in [4.78, 5) is 13.6. The SMILES string of the molecule is COCC(=O)N[C@@H](C)[C@@H]1c2cc(OC)c(OC)cc2CC[NH+]1Cc1ccccc1. The van der Waals surface area contributed by atoms with E-state index in [9.17, 15) is 4.79 Å². The third-order valence-corrected chi connectivity index (χ3v) is 5.57. The van der Waals surface area contributed by atoms with Gasteiger partial charge in [-0.05, 0) is 24.6 Å². The fourth-order valence-electron chi connectivity index (χ4n) is 4.30. The zero-order chi connectivity index (χ0) is 20.8. The van der Waals surface area contributed by atoms with E-state index >= 15 is 0 Å². The van der Waals surface area contributed by atoms with Gasteiger partial charge in [0.25, 0.3) is 0 Å². The van der Waals surface area contributed by atoms with Crippen molar-refractivity contribution in [3.63, 3.8) is 0 Å². The van der Waals surface area contributed by atoms with Crippen molar-refractivity contribution in [2.45, 2.75) is 32.0 Å². The summed E-state index contributed by atoms with van der Waals surface area (Å²) in [6.07, 6.45) is 0.951. The van der Waals surface area contributed by atoms with E-state index in [0.29, 0.717) is 5.75 Å². The molecule has 0 spiro atoms. The summed E-state index contributed by atoms with van der Waals surface area (Å²) in [5.41, 5.74) is 3.73. The van der Waals surface area contributed by atoms with Gasteiger partial charge in [-0.3, -0.25) is 4.79 Å². The summed E-state index contributed by atoms with van der Waals surface area (Å²) >= 11 is 0. The Kier molecular flexibility index (Phi) is 7.12. The fourth-order valence-corrected chi connectivity index (χ4v) is 4.30. The molecule has 2 aromatic rings. The number of rotatable bonds is 8. The molecule has 0 bridgehead atoms. The molecular weight excluding hydrogens is 368 g/mol. The summed E-state index contributed by atoms with van der Waals surface area (Å²) < 4.78 is 16.1. The molecule has 1 aliphatic heterocycles. The average Bonchev–Trinajstić information content (AvgIpc) is 2.73. The van der Waals surface area contributed by atoms with Crippen LogP contribution in [0.5, 0.6) is 11.5 Å². The van der Waals surface area contributed by atoms with E-state index in [1.54, 1.807) is 14.2 Å². The molecule has 0 aliphatic carbocycles. The largest absolute Gasteiger partial charge is 0.493 e. The molecule has 1 unspecified atom stereocenters. The van der Waals surface area contributed by atoms with Gasteiger partial charge in [0.05, 0.1) is 26.8 Å². The molecule has 1 heterocycles. The van der Waals surface area contributed by atoms with E-state index in [0.717, 1.165) is 25.3 Å². The van der Waals surface area contributed by atoms with Gasteiger partial charge in [0, 0.05) is 24.7 Å². The second-order valence-electron chi connectivity index (χ2n) is 7.49. The van der Waals surface area contributed by atoms with Crippen molar-refractivity contribution in [3.8, 4) is 11.5 Å². The van der Waals surface area contributed by atoms with Crippen LogP contribution in [0.1, 0.15) is 29.7 Å². The second-order valence-corrected chi connectivity index (χ2v) is 7.49. The molecule has 0 radical (unpaired) electrons. The number of carbonyl (C=O) groups is 1. The van der Waals surface area contributed by atoms with E-state index in [1.165, 1.54) is 28.7 Å². The maximum atomic E-state index is 12.2. The van der Waals surface area contributed by atoms with Crippen molar-refractivity contribution in [3.05, 3.63) is 59.2 Å². The average molecular weight is 400 g/mol. The van der Waals surface area contributed by atoms with Gasteiger partial charge in [0.15, 0.2) is 11.5 Å². The van der Waals surface area contributed by atoms with Crippen molar-refractivity contribution in [2.75, 3.05) is 34.5 Å². The van der Waals surface area contributed by atoms with Crippen LogP contribution in [0.15, 0.2) is 42.5 Å². The number of hydrogen-bond donors (Lipinski definition) is 2. The highest BCUT2D eigenvalue weighted by Gasteiger charge is 2.37. The van der Waals surface area contributed by atoms with Gasteiger partial charge < -0.3 is 24.4 Å². The van der Waals surface area contributed by atoms with E-state index in [-0.39, 0.29) is 24.6 Å². The van der Waals surface area contributed by atoms with Crippen molar-refractivity contribution >= 4 is 5.91 Å². The van der Waals surface area contributed by atoms with Crippen LogP contribution < -0.4 is 19.7 Å². The number of methoxy groups -OCH3 is 3. The molecule has 6 heteroatoms. The molecule has 0 fully saturated rings. The topological polar surface area (TPSA) is 61.2 Å². The number of carbonyl (C=O) groups excluding carboxylic acids is 1. The zero-order valence-corrected chi connectivity index (χ0v) is 17.7. The standard InChI is InChI=1S/C23H30N2O4/c1-16(24-22(26)15-27-2)23-19-13-21(29-4)20(28-3)12-18(19)10-11-25(23)14-17-8-6-5-7-9-17/h5-9,12-13,16,23H,10-11,14-15H2,1-4H3,(H,24,26)/p+1/t16-,23+/m0/s1. The molecule has 2 aromatic carbocycles. The molecule has 156 valence electrons. The lowest BCUT2D eigenvalue weighted by atomic mass is 9.87. The minimum absolute atomic E-state index is 0.0594. The predicted molar refractivity (Wildman–Crippen MR) is 111 cm³/mol. The van der Waals surface area contributed by atoms with Crippen LogP contribution in [-0.2, 0) is 22.5 Å². The van der Waals surface area contributed by atoms with Crippen LogP contribution in [0.4, 0.5) is 0 Å². The Morgan fingerprint density at radius 2 is 1.83 bits per heavy atom. The second kappa shape index (κ2) is 9.76. The third kappa shape index (κ3) is 4.89. The van der Waals surface area contributed by atoms with Gasteiger partial charge in [-0.1, -0.05) is 30.3 Å². The van der Waals surface area contributed by atoms with Crippen LogP contribution in [0.25, 0.3) is 0 Å². The molecule has 0 aromatic heterocycles. The third-order valence-electron chi connectivity index (χ3n) is 5.57. The summed E-state index contributed by atoms with van der Waals surface area (Å²) in [5.74, 6) is 1.35. The number of amides is 1. The Morgan fingerprint density at radius 3 is 2.48 bits per heavy atom. The maximum Gasteiger partial charge on any atom is 0.246 e. The first-order valence-corrected chi connectivity index (χ1v) is 9.99. The monoisotopic (exact) mass is 399 g/mol. The zero-order valence-electron chi connectivity index (χ0n) is 17.7. The lowest BCUT2D eigenvalue weighted by molar-refractivity contribution is -0.948. The molecule has 6 nitrogen and oxygen atoms in total. The summed E-state index contributed by atoms with van der Waals surface area (Å²) in [5, 5.41) is 3.12. The smallest absolute Gasteiger partial charge is 0.246 e. The van der Waals surface area contributed by atoms with E-state index in [4.69, 9.17) is 14.2 Å². The first-order chi connectivity index (χ1) is 14.1. The van der Waals surface area contributed by atoms with Crippen molar-refractivity contribution in [2.24, 2.45) is 0 Å². The minimum atomic E-state index is -0.105. The van der Waals surface area contributed by atoms with Gasteiger partial charge in [-0.15, -0.1) is 0 Å². The highest BCUT2D eigenvalue weighted by Crippen LogP contribution is 2.35. The van der Waals surface area contributed by atoms with Crippen LogP contribution in [0.3, 0.4) is 0 Å². The number of fused-ring (bicyclic) bond motifs is 1. The Hall–Kier alpha value is -2.57.